The van der Waals surface area contributed by atoms with E-state index in [2.05, 4.69) is 26.1 Å². The molecular weight excluding hydrogens is 428 g/mol. The fourth-order valence-electron chi connectivity index (χ4n) is 5.17. The zero-order chi connectivity index (χ0) is 24.7. The molecule has 2 amide bonds. The molecule has 7 heteroatoms. The van der Waals surface area contributed by atoms with Gasteiger partial charge in [-0.15, -0.1) is 0 Å². The van der Waals surface area contributed by atoms with Gasteiger partial charge in [-0.05, 0) is 62.1 Å². The molecule has 1 atom stereocenters. The summed E-state index contributed by atoms with van der Waals surface area (Å²) < 4.78 is 7.30. The van der Waals surface area contributed by atoms with Crippen LogP contribution < -0.4 is 15.0 Å². The number of carbonyl (C=O) groups is 2. The SMILES string of the molecule is COc1ccc(N2C(=O)CCn3c(nc4ccccc43)C2C(=O)NC(C)(C)CC(C)(C)C)cc1. The van der Waals surface area contributed by atoms with Gasteiger partial charge in [0.1, 0.15) is 11.6 Å². The van der Waals surface area contributed by atoms with E-state index in [4.69, 9.17) is 9.72 Å². The van der Waals surface area contributed by atoms with Gasteiger partial charge >= 0.3 is 0 Å². The molecule has 0 fully saturated rings. The Morgan fingerprint density at radius 2 is 1.76 bits per heavy atom. The van der Waals surface area contributed by atoms with Gasteiger partial charge in [0.25, 0.3) is 5.91 Å². The highest BCUT2D eigenvalue weighted by molar-refractivity contribution is 6.02. The highest BCUT2D eigenvalue weighted by atomic mass is 16.5. The van der Waals surface area contributed by atoms with Crippen LogP contribution in [0.1, 0.15) is 59.3 Å². The van der Waals surface area contributed by atoms with Crippen molar-refractivity contribution in [3.05, 3.63) is 54.4 Å². The maximum absolute atomic E-state index is 14.0. The molecular formula is C27H34N4O3. The number of imidazole rings is 1. The lowest BCUT2D eigenvalue weighted by Gasteiger charge is -2.36. The number of benzene rings is 2. The number of nitrogens with one attached hydrogen (secondary N) is 1. The number of methoxy groups -OCH3 is 1. The fourth-order valence-corrected chi connectivity index (χ4v) is 5.17. The maximum Gasteiger partial charge on any atom is 0.251 e. The van der Waals surface area contributed by atoms with Crippen LogP contribution in [0, 0.1) is 5.41 Å². The lowest BCUT2D eigenvalue weighted by Crippen LogP contribution is -2.51. The molecule has 1 unspecified atom stereocenters. The largest absolute Gasteiger partial charge is 0.497 e. The molecule has 0 aliphatic carbocycles. The van der Waals surface area contributed by atoms with Crippen molar-refractivity contribution in [1.29, 1.82) is 0 Å². The first-order valence-electron chi connectivity index (χ1n) is 11.7. The van der Waals surface area contributed by atoms with Crippen LogP contribution in [0.2, 0.25) is 0 Å². The molecule has 0 spiro atoms. The monoisotopic (exact) mass is 462 g/mol. The van der Waals surface area contributed by atoms with E-state index in [1.54, 1.807) is 24.1 Å². The van der Waals surface area contributed by atoms with E-state index in [1.807, 2.05) is 54.8 Å². The first-order valence-corrected chi connectivity index (χ1v) is 11.7. The van der Waals surface area contributed by atoms with Crippen molar-refractivity contribution in [2.75, 3.05) is 12.0 Å². The van der Waals surface area contributed by atoms with Crippen molar-refractivity contribution >= 4 is 28.5 Å². The molecule has 1 aliphatic heterocycles. The number of carbonyl (C=O) groups excluding carboxylic acids is 2. The zero-order valence-corrected chi connectivity index (χ0v) is 20.9. The Bertz CT molecular complexity index is 1200. The lowest BCUT2D eigenvalue weighted by atomic mass is 9.81. The summed E-state index contributed by atoms with van der Waals surface area (Å²) >= 11 is 0. The summed E-state index contributed by atoms with van der Waals surface area (Å²) in [6, 6.07) is 14.1. The second-order valence-corrected chi connectivity index (χ2v) is 10.8. The Labute approximate surface area is 201 Å². The van der Waals surface area contributed by atoms with Gasteiger partial charge in [-0.2, -0.15) is 0 Å². The Balaban J connectivity index is 1.83. The van der Waals surface area contributed by atoms with Crippen molar-refractivity contribution in [1.82, 2.24) is 14.9 Å². The number of aryl methyl sites for hydroxylation is 1. The molecule has 0 saturated heterocycles. The van der Waals surface area contributed by atoms with Gasteiger partial charge in [-0.25, -0.2) is 4.98 Å². The minimum absolute atomic E-state index is 0.0267. The summed E-state index contributed by atoms with van der Waals surface area (Å²) in [5.41, 5.74) is 1.94. The molecule has 0 radical (unpaired) electrons. The minimum atomic E-state index is -0.893. The van der Waals surface area contributed by atoms with Crippen LogP contribution in [0.4, 0.5) is 5.69 Å². The maximum atomic E-state index is 14.0. The predicted molar refractivity (Wildman–Crippen MR) is 134 cm³/mol. The molecule has 0 bridgehead atoms. The smallest absolute Gasteiger partial charge is 0.251 e. The summed E-state index contributed by atoms with van der Waals surface area (Å²) in [7, 11) is 1.60. The van der Waals surface area contributed by atoms with E-state index in [0.29, 0.717) is 23.8 Å². The second kappa shape index (κ2) is 8.78. The number of hydrogen-bond donors (Lipinski definition) is 1. The van der Waals surface area contributed by atoms with E-state index in [0.717, 1.165) is 17.5 Å². The van der Waals surface area contributed by atoms with E-state index in [9.17, 15) is 9.59 Å². The predicted octanol–water partition coefficient (Wildman–Crippen LogP) is 4.85. The van der Waals surface area contributed by atoms with Gasteiger partial charge in [0, 0.05) is 24.2 Å². The van der Waals surface area contributed by atoms with Crippen molar-refractivity contribution < 1.29 is 14.3 Å². The van der Waals surface area contributed by atoms with Crippen LogP contribution in [-0.2, 0) is 16.1 Å². The van der Waals surface area contributed by atoms with Crippen molar-refractivity contribution in [3.63, 3.8) is 0 Å². The van der Waals surface area contributed by atoms with Crippen LogP contribution >= 0.6 is 0 Å². The van der Waals surface area contributed by atoms with Crippen molar-refractivity contribution in [3.8, 4) is 5.75 Å². The average molecular weight is 463 g/mol. The number of hydrogen-bond acceptors (Lipinski definition) is 4. The van der Waals surface area contributed by atoms with Gasteiger partial charge in [0.15, 0.2) is 6.04 Å². The fraction of sp³-hybridized carbons (Fsp3) is 0.444. The summed E-state index contributed by atoms with van der Waals surface area (Å²) in [5.74, 6) is 0.905. The van der Waals surface area contributed by atoms with Gasteiger partial charge < -0.3 is 14.6 Å². The average Bonchev–Trinajstić information content (AvgIpc) is 3.04. The highest BCUT2D eigenvalue weighted by Crippen LogP contribution is 2.35. The molecule has 1 aromatic heterocycles. The molecule has 34 heavy (non-hydrogen) atoms. The molecule has 3 aromatic rings. The molecule has 180 valence electrons. The molecule has 2 heterocycles. The van der Waals surface area contributed by atoms with Crippen molar-refractivity contribution in [2.45, 2.75) is 65.6 Å². The molecule has 0 saturated carbocycles. The van der Waals surface area contributed by atoms with Gasteiger partial charge in [0.05, 0.1) is 18.1 Å². The summed E-state index contributed by atoms with van der Waals surface area (Å²) in [5, 5.41) is 3.23. The first-order chi connectivity index (χ1) is 16.0. The van der Waals surface area contributed by atoms with Gasteiger partial charge in [-0.1, -0.05) is 32.9 Å². The first kappa shape index (κ1) is 23.8. The number of anilines is 1. The topological polar surface area (TPSA) is 76.5 Å². The van der Waals surface area contributed by atoms with Crippen LogP contribution in [0.5, 0.6) is 5.75 Å². The number of aromatic nitrogens is 2. The molecule has 2 aromatic carbocycles. The summed E-state index contributed by atoms with van der Waals surface area (Å²) in [6.45, 7) is 11.0. The standard InChI is InChI=1S/C27H34N4O3/c1-26(2,3)17-27(4,5)29-25(33)23-24-28-20-9-7-8-10-21(20)30(24)16-15-22(32)31(23)18-11-13-19(34-6)14-12-18/h7-14,23H,15-17H2,1-6H3,(H,29,33). The molecule has 7 nitrogen and oxygen atoms in total. The van der Waals surface area contributed by atoms with E-state index < -0.39 is 11.6 Å². The van der Waals surface area contributed by atoms with Crippen LogP contribution in [0.3, 0.4) is 0 Å². The Morgan fingerprint density at radius 3 is 2.41 bits per heavy atom. The van der Waals surface area contributed by atoms with Crippen LogP contribution in [-0.4, -0.2) is 34.0 Å². The van der Waals surface area contributed by atoms with Gasteiger partial charge in [-0.3, -0.25) is 14.5 Å². The summed E-state index contributed by atoms with van der Waals surface area (Å²) in [4.78, 5) is 33.9. The quantitative estimate of drug-likeness (QED) is 0.588. The Kier molecular flexibility index (Phi) is 6.14. The number of ether oxygens (including phenoxy) is 1. The molecule has 1 aliphatic rings. The van der Waals surface area contributed by atoms with Crippen LogP contribution in [0.25, 0.3) is 11.0 Å². The summed E-state index contributed by atoms with van der Waals surface area (Å²) in [6.07, 6.45) is 1.06. The number of para-hydroxylation sites is 2. The van der Waals surface area contributed by atoms with E-state index >= 15 is 0 Å². The van der Waals surface area contributed by atoms with E-state index in [1.165, 1.54) is 0 Å². The number of fused-ring (bicyclic) bond motifs is 3. The lowest BCUT2D eigenvalue weighted by molar-refractivity contribution is -0.127. The number of nitrogens with zero attached hydrogens (tertiary/aromatic N) is 3. The minimum Gasteiger partial charge on any atom is -0.497 e. The Morgan fingerprint density at radius 1 is 1.09 bits per heavy atom. The third kappa shape index (κ3) is 4.79. The van der Waals surface area contributed by atoms with Gasteiger partial charge in [0.2, 0.25) is 5.91 Å². The zero-order valence-electron chi connectivity index (χ0n) is 20.9. The normalized spacial score (nSPS) is 16.8. The third-order valence-electron chi connectivity index (χ3n) is 6.04. The van der Waals surface area contributed by atoms with E-state index in [-0.39, 0.29) is 23.7 Å². The molecule has 4 rings (SSSR count). The number of amides is 2. The highest BCUT2D eigenvalue weighted by Gasteiger charge is 2.41. The second-order valence-electron chi connectivity index (χ2n) is 10.8. The Hall–Kier alpha value is -3.35. The van der Waals surface area contributed by atoms with Crippen molar-refractivity contribution in [2.24, 2.45) is 5.41 Å². The number of rotatable bonds is 5. The molecule has 1 N–H and O–H groups in total. The third-order valence-corrected chi connectivity index (χ3v) is 6.04. The van der Waals surface area contributed by atoms with Crippen LogP contribution in [0.15, 0.2) is 48.5 Å².